The van der Waals surface area contributed by atoms with Crippen LogP contribution in [0.4, 0.5) is 11.6 Å². The van der Waals surface area contributed by atoms with E-state index in [-0.39, 0.29) is 0 Å². The van der Waals surface area contributed by atoms with Crippen molar-refractivity contribution in [1.29, 1.82) is 0 Å². The second kappa shape index (κ2) is 6.00. The average Bonchev–Trinajstić information content (AvgIpc) is 2.76. The van der Waals surface area contributed by atoms with Crippen molar-refractivity contribution in [3.8, 4) is 0 Å². The van der Waals surface area contributed by atoms with Gasteiger partial charge in [-0.3, -0.25) is 0 Å². The van der Waals surface area contributed by atoms with Crippen LogP contribution in [0.15, 0.2) is 6.33 Å². The van der Waals surface area contributed by atoms with Crippen LogP contribution in [0.2, 0.25) is 0 Å². The Bertz CT molecular complexity index is 393. The van der Waals surface area contributed by atoms with E-state index in [4.69, 9.17) is 0 Å². The molecule has 18 heavy (non-hydrogen) atoms. The maximum absolute atomic E-state index is 4.40. The standard InChI is InChI=1S/C13H23N5/c1-4-11-12(14-5-2)15-9-16-13(11)17-10-6-7-18(3)8-10/h9-10H,4-8H2,1-3H3,(H2,14,15,16,17). The highest BCUT2D eigenvalue weighted by molar-refractivity contribution is 5.57. The minimum Gasteiger partial charge on any atom is -0.370 e. The summed E-state index contributed by atoms with van der Waals surface area (Å²) >= 11 is 0. The van der Waals surface area contributed by atoms with Crippen LogP contribution in [0.25, 0.3) is 0 Å². The Kier molecular flexibility index (Phi) is 4.36. The number of hydrogen-bond donors (Lipinski definition) is 2. The fourth-order valence-corrected chi connectivity index (χ4v) is 2.44. The zero-order chi connectivity index (χ0) is 13.0. The molecule has 5 nitrogen and oxygen atoms in total. The fourth-order valence-electron chi connectivity index (χ4n) is 2.44. The molecule has 0 aromatic carbocycles. The topological polar surface area (TPSA) is 53.1 Å². The Balaban J connectivity index is 2.13. The summed E-state index contributed by atoms with van der Waals surface area (Å²) in [6.45, 7) is 7.36. The van der Waals surface area contributed by atoms with Crippen LogP contribution in [0, 0.1) is 0 Å². The largest absolute Gasteiger partial charge is 0.370 e. The Labute approximate surface area is 109 Å². The number of nitrogens with zero attached hydrogens (tertiary/aromatic N) is 3. The first-order valence-corrected chi connectivity index (χ1v) is 6.77. The number of rotatable bonds is 5. The molecule has 0 amide bonds. The molecule has 0 saturated carbocycles. The lowest BCUT2D eigenvalue weighted by molar-refractivity contribution is 0.414. The van der Waals surface area contributed by atoms with Gasteiger partial charge in [-0.2, -0.15) is 0 Å². The number of nitrogens with one attached hydrogen (secondary N) is 2. The van der Waals surface area contributed by atoms with E-state index in [9.17, 15) is 0 Å². The Morgan fingerprint density at radius 2 is 2.11 bits per heavy atom. The zero-order valence-electron chi connectivity index (χ0n) is 11.5. The molecular formula is C13H23N5. The van der Waals surface area contributed by atoms with E-state index >= 15 is 0 Å². The average molecular weight is 249 g/mol. The van der Waals surface area contributed by atoms with Gasteiger partial charge in [0.15, 0.2) is 0 Å². The van der Waals surface area contributed by atoms with Gasteiger partial charge >= 0.3 is 0 Å². The number of likely N-dealkylation sites (tertiary alicyclic amines) is 1. The highest BCUT2D eigenvalue weighted by Gasteiger charge is 2.21. The molecule has 100 valence electrons. The number of hydrogen-bond acceptors (Lipinski definition) is 5. The third-order valence-electron chi connectivity index (χ3n) is 3.38. The summed E-state index contributed by atoms with van der Waals surface area (Å²) in [5.41, 5.74) is 1.19. The van der Waals surface area contributed by atoms with Gasteiger partial charge in [0.25, 0.3) is 0 Å². The van der Waals surface area contributed by atoms with Gasteiger partial charge in [0.1, 0.15) is 18.0 Å². The molecule has 0 radical (unpaired) electrons. The first-order valence-electron chi connectivity index (χ1n) is 6.77. The van der Waals surface area contributed by atoms with Gasteiger partial charge in [0, 0.05) is 24.7 Å². The normalized spacial score (nSPS) is 20.1. The first-order chi connectivity index (χ1) is 8.74. The van der Waals surface area contributed by atoms with Gasteiger partial charge in [-0.15, -0.1) is 0 Å². The molecule has 2 N–H and O–H groups in total. The van der Waals surface area contributed by atoms with Crippen molar-refractivity contribution in [3.05, 3.63) is 11.9 Å². The quantitative estimate of drug-likeness (QED) is 0.830. The zero-order valence-corrected chi connectivity index (χ0v) is 11.5. The van der Waals surface area contributed by atoms with Crippen molar-refractivity contribution < 1.29 is 0 Å². The molecule has 1 aliphatic heterocycles. The van der Waals surface area contributed by atoms with Crippen LogP contribution < -0.4 is 10.6 Å². The van der Waals surface area contributed by atoms with Crippen molar-refractivity contribution in [1.82, 2.24) is 14.9 Å². The van der Waals surface area contributed by atoms with Gasteiger partial charge in [-0.1, -0.05) is 6.92 Å². The third kappa shape index (κ3) is 2.90. The molecule has 0 aliphatic carbocycles. The SMILES string of the molecule is CCNc1ncnc(NC2CCN(C)C2)c1CC. The third-order valence-corrected chi connectivity index (χ3v) is 3.38. The van der Waals surface area contributed by atoms with Crippen molar-refractivity contribution in [2.75, 3.05) is 37.3 Å². The minimum absolute atomic E-state index is 0.504. The molecule has 2 heterocycles. The number of anilines is 2. The maximum atomic E-state index is 4.40. The molecule has 1 saturated heterocycles. The van der Waals surface area contributed by atoms with E-state index in [0.29, 0.717) is 6.04 Å². The van der Waals surface area contributed by atoms with E-state index in [1.807, 2.05) is 0 Å². The summed E-state index contributed by atoms with van der Waals surface area (Å²) in [5, 5.41) is 6.86. The molecule has 1 unspecified atom stereocenters. The highest BCUT2D eigenvalue weighted by atomic mass is 15.2. The molecule has 0 bridgehead atoms. The Morgan fingerprint density at radius 3 is 2.72 bits per heavy atom. The van der Waals surface area contributed by atoms with Crippen molar-refractivity contribution in [2.45, 2.75) is 32.7 Å². The van der Waals surface area contributed by atoms with Gasteiger partial charge in [-0.05, 0) is 33.4 Å². The summed E-state index contributed by atoms with van der Waals surface area (Å²) in [5.74, 6) is 1.95. The van der Waals surface area contributed by atoms with E-state index in [2.05, 4.69) is 46.4 Å². The van der Waals surface area contributed by atoms with Crippen LogP contribution in [0.1, 0.15) is 25.8 Å². The first kappa shape index (κ1) is 13.1. The predicted octanol–water partition coefficient (Wildman–Crippen LogP) is 1.59. The van der Waals surface area contributed by atoms with Gasteiger partial charge in [0.05, 0.1) is 0 Å². The molecule has 1 aliphatic rings. The smallest absolute Gasteiger partial charge is 0.134 e. The van der Waals surface area contributed by atoms with Gasteiger partial charge in [-0.25, -0.2) is 9.97 Å². The molecule has 1 aromatic heterocycles. The van der Waals surface area contributed by atoms with Gasteiger partial charge < -0.3 is 15.5 Å². The monoisotopic (exact) mass is 249 g/mol. The molecule has 5 heteroatoms. The maximum Gasteiger partial charge on any atom is 0.134 e. The van der Waals surface area contributed by atoms with Crippen LogP contribution in [-0.4, -0.2) is 47.6 Å². The summed E-state index contributed by atoms with van der Waals surface area (Å²) in [6.07, 6.45) is 3.76. The molecule has 2 rings (SSSR count). The minimum atomic E-state index is 0.504. The lowest BCUT2D eigenvalue weighted by Gasteiger charge is -2.17. The number of aromatic nitrogens is 2. The Hall–Kier alpha value is -1.36. The predicted molar refractivity (Wildman–Crippen MR) is 75.1 cm³/mol. The van der Waals surface area contributed by atoms with E-state index < -0.39 is 0 Å². The van der Waals surface area contributed by atoms with Crippen molar-refractivity contribution >= 4 is 11.6 Å². The van der Waals surface area contributed by atoms with Crippen molar-refractivity contribution in [2.24, 2.45) is 0 Å². The molecule has 1 aromatic rings. The lowest BCUT2D eigenvalue weighted by atomic mass is 10.2. The molecule has 1 fully saturated rings. The van der Waals surface area contributed by atoms with Crippen molar-refractivity contribution in [3.63, 3.8) is 0 Å². The summed E-state index contributed by atoms with van der Waals surface area (Å²) in [7, 11) is 2.16. The summed E-state index contributed by atoms with van der Waals surface area (Å²) in [4.78, 5) is 11.1. The highest BCUT2D eigenvalue weighted by Crippen LogP contribution is 2.22. The summed E-state index contributed by atoms with van der Waals surface area (Å²) < 4.78 is 0. The lowest BCUT2D eigenvalue weighted by Crippen LogP contribution is -2.25. The van der Waals surface area contributed by atoms with Gasteiger partial charge in [0.2, 0.25) is 0 Å². The number of likely N-dealkylation sites (N-methyl/N-ethyl adjacent to an activating group) is 1. The van der Waals surface area contributed by atoms with Crippen LogP contribution in [0.3, 0.4) is 0 Å². The molecule has 0 spiro atoms. The second-order valence-corrected chi connectivity index (χ2v) is 4.83. The van der Waals surface area contributed by atoms with E-state index in [1.165, 1.54) is 12.0 Å². The van der Waals surface area contributed by atoms with E-state index in [0.717, 1.165) is 37.7 Å². The van der Waals surface area contributed by atoms with Crippen LogP contribution in [-0.2, 0) is 6.42 Å². The van der Waals surface area contributed by atoms with Crippen LogP contribution in [0.5, 0.6) is 0 Å². The molecular weight excluding hydrogens is 226 g/mol. The van der Waals surface area contributed by atoms with Crippen LogP contribution >= 0.6 is 0 Å². The molecule has 1 atom stereocenters. The Morgan fingerprint density at radius 1 is 1.33 bits per heavy atom. The second-order valence-electron chi connectivity index (χ2n) is 4.83. The fraction of sp³-hybridized carbons (Fsp3) is 0.692. The van der Waals surface area contributed by atoms with E-state index in [1.54, 1.807) is 6.33 Å². The summed E-state index contributed by atoms with van der Waals surface area (Å²) in [6, 6.07) is 0.504.